The number of carbonyl (C=O) groups excluding carboxylic acids is 3. The van der Waals surface area contributed by atoms with Crippen molar-refractivity contribution < 1.29 is 14.4 Å². The molecule has 2 aromatic rings. The molecule has 1 aromatic heterocycles. The van der Waals surface area contributed by atoms with Gasteiger partial charge in [0.2, 0.25) is 11.8 Å². The number of anilines is 2. The maximum absolute atomic E-state index is 12.4. The largest absolute Gasteiger partial charge is 0.369 e. The predicted octanol–water partition coefficient (Wildman–Crippen LogP) is 1.05. The third kappa shape index (κ3) is 4.13. The van der Waals surface area contributed by atoms with E-state index < -0.39 is 5.91 Å². The lowest BCUT2D eigenvalue weighted by molar-refractivity contribution is -0.117. The lowest BCUT2D eigenvalue weighted by Crippen LogP contribution is -2.37. The van der Waals surface area contributed by atoms with Crippen molar-refractivity contribution in [2.45, 2.75) is 6.42 Å². The van der Waals surface area contributed by atoms with Gasteiger partial charge in [-0.2, -0.15) is 0 Å². The molecule has 1 aliphatic heterocycles. The molecule has 3 rings (SSSR count). The van der Waals surface area contributed by atoms with Crippen LogP contribution in [0.1, 0.15) is 5.69 Å². The lowest BCUT2D eigenvalue weighted by atomic mass is 10.3. The number of primary amides is 1. The number of hydrogen-bond acceptors (Lipinski definition) is 5. The van der Waals surface area contributed by atoms with E-state index in [4.69, 9.17) is 5.73 Å². The fourth-order valence-corrected chi connectivity index (χ4v) is 3.26. The van der Waals surface area contributed by atoms with Crippen molar-refractivity contribution in [3.05, 3.63) is 41.4 Å². The quantitative estimate of drug-likeness (QED) is 0.803. The molecule has 1 fully saturated rings. The molecule has 1 aliphatic rings. The van der Waals surface area contributed by atoms with Gasteiger partial charge in [-0.1, -0.05) is 18.2 Å². The number of nitrogens with one attached hydrogen (secondary N) is 1. The van der Waals surface area contributed by atoms with Crippen molar-refractivity contribution in [1.29, 1.82) is 0 Å². The third-order valence-corrected chi connectivity index (χ3v) is 4.46. The maximum atomic E-state index is 12.4. The number of urea groups is 1. The lowest BCUT2D eigenvalue weighted by Gasteiger charge is -2.18. The highest BCUT2D eigenvalue weighted by Crippen LogP contribution is 2.20. The zero-order chi connectivity index (χ0) is 17.8. The SMILES string of the molecule is NC(=O)Cc1csc(NC(=O)CN2CCN(c3ccccc3)C2=O)n1. The van der Waals surface area contributed by atoms with Gasteiger partial charge in [0, 0.05) is 24.2 Å². The fourth-order valence-electron chi connectivity index (χ4n) is 2.53. The molecule has 0 atom stereocenters. The van der Waals surface area contributed by atoms with E-state index in [0.717, 1.165) is 5.69 Å². The second-order valence-electron chi connectivity index (χ2n) is 5.53. The van der Waals surface area contributed by atoms with Gasteiger partial charge in [0.05, 0.1) is 12.1 Å². The van der Waals surface area contributed by atoms with Crippen molar-refractivity contribution in [3.63, 3.8) is 0 Å². The summed E-state index contributed by atoms with van der Waals surface area (Å²) in [5.41, 5.74) is 6.44. The van der Waals surface area contributed by atoms with Crippen LogP contribution in [0.5, 0.6) is 0 Å². The molecule has 130 valence electrons. The van der Waals surface area contributed by atoms with Crippen LogP contribution in [0.25, 0.3) is 0 Å². The molecule has 0 spiro atoms. The molecule has 4 amide bonds. The molecule has 1 saturated heterocycles. The van der Waals surface area contributed by atoms with E-state index in [-0.39, 0.29) is 24.9 Å². The molecule has 0 saturated carbocycles. The Balaban J connectivity index is 1.56. The smallest absolute Gasteiger partial charge is 0.325 e. The van der Waals surface area contributed by atoms with E-state index >= 15 is 0 Å². The molecule has 1 aromatic carbocycles. The van der Waals surface area contributed by atoms with Crippen LogP contribution < -0.4 is 16.0 Å². The molecule has 9 heteroatoms. The second-order valence-corrected chi connectivity index (χ2v) is 6.38. The highest BCUT2D eigenvalue weighted by atomic mass is 32.1. The summed E-state index contributed by atoms with van der Waals surface area (Å²) in [5, 5.41) is 4.69. The highest BCUT2D eigenvalue weighted by molar-refractivity contribution is 7.13. The Labute approximate surface area is 148 Å². The van der Waals surface area contributed by atoms with Crippen LogP contribution in [-0.4, -0.2) is 47.4 Å². The summed E-state index contributed by atoms with van der Waals surface area (Å²) in [5.74, 6) is -0.810. The van der Waals surface area contributed by atoms with Crippen molar-refractivity contribution >= 4 is 40.0 Å². The monoisotopic (exact) mass is 359 g/mol. The zero-order valence-corrected chi connectivity index (χ0v) is 14.2. The van der Waals surface area contributed by atoms with E-state index in [1.165, 1.54) is 16.2 Å². The molecule has 3 N–H and O–H groups in total. The summed E-state index contributed by atoms with van der Waals surface area (Å²) < 4.78 is 0. The number of benzene rings is 1. The van der Waals surface area contributed by atoms with Crippen LogP contribution >= 0.6 is 11.3 Å². The van der Waals surface area contributed by atoms with Gasteiger partial charge >= 0.3 is 6.03 Å². The average molecular weight is 359 g/mol. The van der Waals surface area contributed by atoms with E-state index in [0.29, 0.717) is 23.9 Å². The van der Waals surface area contributed by atoms with Crippen molar-refractivity contribution in [1.82, 2.24) is 9.88 Å². The van der Waals surface area contributed by atoms with E-state index in [9.17, 15) is 14.4 Å². The molecule has 0 aliphatic carbocycles. The summed E-state index contributed by atoms with van der Waals surface area (Å²) in [7, 11) is 0. The van der Waals surface area contributed by atoms with Crippen LogP contribution in [0.3, 0.4) is 0 Å². The number of carbonyl (C=O) groups is 3. The predicted molar refractivity (Wildman–Crippen MR) is 94.4 cm³/mol. The Hall–Kier alpha value is -2.94. The van der Waals surface area contributed by atoms with Crippen LogP contribution in [0, 0.1) is 0 Å². The maximum Gasteiger partial charge on any atom is 0.325 e. The van der Waals surface area contributed by atoms with Gasteiger partial charge in [0.15, 0.2) is 5.13 Å². The molecule has 0 unspecified atom stereocenters. The number of nitrogens with zero attached hydrogens (tertiary/aromatic N) is 3. The number of rotatable bonds is 6. The Bertz CT molecular complexity index is 792. The molecule has 0 radical (unpaired) electrons. The zero-order valence-electron chi connectivity index (χ0n) is 13.3. The van der Waals surface area contributed by atoms with Crippen LogP contribution in [0.2, 0.25) is 0 Å². The van der Waals surface area contributed by atoms with Crippen LogP contribution in [-0.2, 0) is 16.0 Å². The van der Waals surface area contributed by atoms with Gasteiger partial charge in [-0.25, -0.2) is 9.78 Å². The van der Waals surface area contributed by atoms with Crippen molar-refractivity contribution in [3.8, 4) is 0 Å². The van der Waals surface area contributed by atoms with Gasteiger partial charge in [0.1, 0.15) is 6.54 Å². The Morgan fingerprint density at radius 2 is 2.00 bits per heavy atom. The highest BCUT2D eigenvalue weighted by Gasteiger charge is 2.30. The Kier molecular flexibility index (Phi) is 4.94. The summed E-state index contributed by atoms with van der Waals surface area (Å²) in [6.45, 7) is 0.967. The molecule has 25 heavy (non-hydrogen) atoms. The topological polar surface area (TPSA) is 109 Å². The molecule has 0 bridgehead atoms. The third-order valence-electron chi connectivity index (χ3n) is 3.65. The number of hydrogen-bond donors (Lipinski definition) is 2. The summed E-state index contributed by atoms with van der Waals surface area (Å²) >= 11 is 1.21. The van der Waals surface area contributed by atoms with Crippen molar-refractivity contribution in [2.75, 3.05) is 29.9 Å². The molecular formula is C16H17N5O3S. The van der Waals surface area contributed by atoms with E-state index in [1.54, 1.807) is 10.3 Å². The normalized spacial score (nSPS) is 14.0. The average Bonchev–Trinajstić information content (AvgIpc) is 3.15. The number of nitrogens with two attached hydrogens (primary N) is 1. The molecule has 8 nitrogen and oxygen atoms in total. The Morgan fingerprint density at radius 3 is 2.72 bits per heavy atom. The number of amides is 4. The molecular weight excluding hydrogens is 342 g/mol. The Morgan fingerprint density at radius 1 is 1.24 bits per heavy atom. The minimum atomic E-state index is -0.480. The first-order chi connectivity index (χ1) is 12.0. The first kappa shape index (κ1) is 16.9. The van der Waals surface area contributed by atoms with Crippen LogP contribution in [0.15, 0.2) is 35.7 Å². The van der Waals surface area contributed by atoms with Gasteiger partial charge in [-0.15, -0.1) is 11.3 Å². The van der Waals surface area contributed by atoms with Gasteiger partial charge < -0.3 is 16.0 Å². The number of aromatic nitrogens is 1. The summed E-state index contributed by atoms with van der Waals surface area (Å²) in [6, 6.07) is 9.13. The number of thiazole rings is 1. The number of para-hydroxylation sites is 1. The van der Waals surface area contributed by atoms with E-state index in [2.05, 4.69) is 10.3 Å². The first-order valence-corrected chi connectivity index (χ1v) is 8.55. The van der Waals surface area contributed by atoms with E-state index in [1.807, 2.05) is 30.3 Å². The van der Waals surface area contributed by atoms with Gasteiger partial charge in [-0.05, 0) is 12.1 Å². The fraction of sp³-hybridized carbons (Fsp3) is 0.250. The van der Waals surface area contributed by atoms with Gasteiger partial charge in [-0.3, -0.25) is 14.5 Å². The summed E-state index contributed by atoms with van der Waals surface area (Å²) in [6.07, 6.45) is 0.0308. The van der Waals surface area contributed by atoms with Crippen molar-refractivity contribution in [2.24, 2.45) is 5.73 Å². The first-order valence-electron chi connectivity index (χ1n) is 7.67. The van der Waals surface area contributed by atoms with Gasteiger partial charge in [0.25, 0.3) is 0 Å². The second kappa shape index (κ2) is 7.31. The standard InChI is InChI=1S/C16H17N5O3S/c17-13(22)8-11-10-25-15(18-11)19-14(23)9-20-6-7-21(16(20)24)12-4-2-1-3-5-12/h1-5,10H,6-9H2,(H2,17,22)(H,18,19,23). The molecule has 2 heterocycles. The minimum Gasteiger partial charge on any atom is -0.369 e. The van der Waals surface area contributed by atoms with Crippen LogP contribution in [0.4, 0.5) is 15.6 Å². The minimum absolute atomic E-state index is 0.0308. The summed E-state index contributed by atoms with van der Waals surface area (Å²) in [4.78, 5) is 42.7.